The Kier molecular flexibility index (Phi) is 8.44. The van der Waals surface area contributed by atoms with Gasteiger partial charge in [-0.3, -0.25) is 9.59 Å². The van der Waals surface area contributed by atoms with Gasteiger partial charge in [-0.2, -0.15) is 0 Å². The molecule has 0 aromatic heterocycles. The van der Waals surface area contributed by atoms with Gasteiger partial charge < -0.3 is 29.0 Å². The molecule has 1 fully saturated rings. The molecule has 1 atom stereocenters. The lowest BCUT2D eigenvalue weighted by atomic mass is 9.95. The first-order valence-corrected chi connectivity index (χ1v) is 12.6. The lowest BCUT2D eigenvalue weighted by molar-refractivity contribution is -0.140. The van der Waals surface area contributed by atoms with Crippen molar-refractivity contribution in [1.29, 1.82) is 0 Å². The second-order valence-electron chi connectivity index (χ2n) is 9.62. The van der Waals surface area contributed by atoms with E-state index in [1.165, 1.54) is 12.0 Å². The monoisotopic (exact) mass is 531 g/mol. The lowest BCUT2D eigenvalue weighted by Gasteiger charge is -2.26. The summed E-state index contributed by atoms with van der Waals surface area (Å²) >= 11 is 0. The van der Waals surface area contributed by atoms with E-state index >= 15 is 0 Å². The van der Waals surface area contributed by atoms with Gasteiger partial charge in [0.05, 0.1) is 39.6 Å². The Balaban J connectivity index is 1.78. The van der Waals surface area contributed by atoms with Gasteiger partial charge in [-0.25, -0.2) is 0 Å². The first kappa shape index (κ1) is 27.6. The maximum atomic E-state index is 13.4. The van der Waals surface area contributed by atoms with Crippen LogP contribution < -0.4 is 18.9 Å². The number of amides is 1. The zero-order chi connectivity index (χ0) is 28.1. The number of nitrogens with zero attached hydrogens (tertiary/aromatic N) is 1. The van der Waals surface area contributed by atoms with Crippen LogP contribution in [0.5, 0.6) is 23.0 Å². The molecule has 8 nitrogen and oxygen atoms in total. The fraction of sp³-hybridized carbons (Fsp3) is 0.290. The van der Waals surface area contributed by atoms with Crippen molar-refractivity contribution in [2.45, 2.75) is 26.4 Å². The molecule has 204 valence electrons. The van der Waals surface area contributed by atoms with Gasteiger partial charge >= 0.3 is 0 Å². The fourth-order valence-corrected chi connectivity index (χ4v) is 4.50. The van der Waals surface area contributed by atoms with Crippen molar-refractivity contribution in [2.24, 2.45) is 5.92 Å². The van der Waals surface area contributed by atoms with Crippen molar-refractivity contribution in [3.8, 4) is 23.0 Å². The van der Waals surface area contributed by atoms with Crippen molar-refractivity contribution < 1.29 is 33.6 Å². The molecule has 3 aromatic rings. The van der Waals surface area contributed by atoms with E-state index in [4.69, 9.17) is 18.9 Å². The zero-order valence-electron chi connectivity index (χ0n) is 22.8. The minimum Gasteiger partial charge on any atom is -0.507 e. The van der Waals surface area contributed by atoms with Crippen LogP contribution in [0.1, 0.15) is 36.6 Å². The SMILES string of the molecule is COc1cccc(C2/C(=C(\O)c3ccc(OCC(C)C)cc3)C(=O)C(=O)N2Cc2ccc(OC)c(OC)c2)c1. The topological polar surface area (TPSA) is 94.5 Å². The number of hydrogen-bond acceptors (Lipinski definition) is 7. The van der Waals surface area contributed by atoms with Crippen LogP contribution in [0.4, 0.5) is 0 Å². The van der Waals surface area contributed by atoms with Gasteiger partial charge in [-0.15, -0.1) is 0 Å². The zero-order valence-corrected chi connectivity index (χ0v) is 22.8. The maximum Gasteiger partial charge on any atom is 0.295 e. The van der Waals surface area contributed by atoms with Gasteiger partial charge in [-0.05, 0) is 65.6 Å². The average molecular weight is 532 g/mol. The van der Waals surface area contributed by atoms with Crippen LogP contribution in [0.2, 0.25) is 0 Å². The van der Waals surface area contributed by atoms with E-state index in [2.05, 4.69) is 13.8 Å². The molecule has 0 aliphatic carbocycles. The molecule has 1 amide bonds. The maximum absolute atomic E-state index is 13.4. The number of benzene rings is 3. The van der Waals surface area contributed by atoms with Gasteiger partial charge in [0, 0.05) is 12.1 Å². The van der Waals surface area contributed by atoms with E-state index in [1.807, 2.05) is 0 Å². The summed E-state index contributed by atoms with van der Waals surface area (Å²) in [5.41, 5.74) is 1.77. The van der Waals surface area contributed by atoms with Crippen molar-refractivity contribution in [3.63, 3.8) is 0 Å². The Morgan fingerprint density at radius 3 is 2.23 bits per heavy atom. The number of aliphatic hydroxyl groups is 1. The highest BCUT2D eigenvalue weighted by atomic mass is 16.5. The number of methoxy groups -OCH3 is 3. The summed E-state index contributed by atoms with van der Waals surface area (Å²) in [7, 11) is 4.62. The molecule has 3 aromatic carbocycles. The summed E-state index contributed by atoms with van der Waals surface area (Å²) in [6, 6.07) is 18.4. The van der Waals surface area contributed by atoms with Crippen LogP contribution >= 0.6 is 0 Å². The molecule has 0 radical (unpaired) electrons. The molecule has 1 unspecified atom stereocenters. The number of Topliss-reactive ketones (excluding diaryl/α,β-unsaturated/α-hetero) is 1. The largest absolute Gasteiger partial charge is 0.507 e. The van der Waals surface area contributed by atoms with Crippen LogP contribution in [0, 0.1) is 5.92 Å². The second-order valence-corrected chi connectivity index (χ2v) is 9.62. The van der Waals surface area contributed by atoms with E-state index in [9.17, 15) is 14.7 Å². The van der Waals surface area contributed by atoms with Crippen LogP contribution in [0.25, 0.3) is 5.76 Å². The van der Waals surface area contributed by atoms with Gasteiger partial charge in [0.25, 0.3) is 11.7 Å². The number of hydrogen-bond donors (Lipinski definition) is 1. The fourth-order valence-electron chi connectivity index (χ4n) is 4.50. The normalized spacial score (nSPS) is 16.5. The summed E-state index contributed by atoms with van der Waals surface area (Å²) in [5, 5.41) is 11.4. The van der Waals surface area contributed by atoms with Crippen LogP contribution in [0.15, 0.2) is 72.3 Å². The molecule has 1 aliphatic rings. The Morgan fingerprint density at radius 1 is 0.872 bits per heavy atom. The predicted octanol–water partition coefficient (Wildman–Crippen LogP) is 5.37. The number of ketones is 1. The summed E-state index contributed by atoms with van der Waals surface area (Å²) < 4.78 is 21.9. The number of carbonyl (C=O) groups excluding carboxylic acids is 2. The molecule has 39 heavy (non-hydrogen) atoms. The average Bonchev–Trinajstić information content (AvgIpc) is 3.20. The van der Waals surface area contributed by atoms with Crippen molar-refractivity contribution >= 4 is 17.4 Å². The predicted molar refractivity (Wildman–Crippen MR) is 147 cm³/mol. The lowest BCUT2D eigenvalue weighted by Crippen LogP contribution is -2.29. The Labute approximate surface area is 228 Å². The minimum absolute atomic E-state index is 0.00424. The van der Waals surface area contributed by atoms with Gasteiger partial charge in [-0.1, -0.05) is 32.0 Å². The van der Waals surface area contributed by atoms with Gasteiger partial charge in [0.2, 0.25) is 0 Å². The van der Waals surface area contributed by atoms with Gasteiger partial charge in [0.1, 0.15) is 17.3 Å². The first-order chi connectivity index (χ1) is 18.8. The molecule has 0 saturated carbocycles. The summed E-state index contributed by atoms with van der Waals surface area (Å²) in [4.78, 5) is 28.3. The Morgan fingerprint density at radius 2 is 1.59 bits per heavy atom. The van der Waals surface area contributed by atoms with Crippen LogP contribution in [-0.4, -0.2) is 49.6 Å². The van der Waals surface area contributed by atoms with Crippen molar-refractivity contribution in [3.05, 3.63) is 89.0 Å². The summed E-state index contributed by atoms with van der Waals surface area (Å²) in [6.45, 7) is 4.77. The molecule has 8 heteroatoms. The smallest absolute Gasteiger partial charge is 0.295 e. The molecular formula is C31H33NO7. The van der Waals surface area contributed by atoms with E-state index in [0.29, 0.717) is 46.6 Å². The summed E-state index contributed by atoms with van der Waals surface area (Å²) in [5.74, 6) is 0.901. The van der Waals surface area contributed by atoms with Gasteiger partial charge in [0.15, 0.2) is 11.5 Å². The molecular weight excluding hydrogens is 498 g/mol. The quantitative estimate of drug-likeness (QED) is 0.214. The number of ether oxygens (including phenoxy) is 4. The third-order valence-corrected chi connectivity index (χ3v) is 6.46. The number of rotatable bonds is 10. The molecule has 0 spiro atoms. The number of carbonyl (C=O) groups is 2. The standard InChI is InChI=1S/C31H33NO7/c1-19(2)18-39-23-12-10-21(11-13-23)29(33)27-28(22-7-6-8-24(16-22)36-3)32(31(35)30(27)34)17-20-9-14-25(37-4)26(15-20)38-5/h6-16,19,28,33H,17-18H2,1-5H3/b29-27+. The Hall–Kier alpha value is -4.46. The van der Waals surface area contributed by atoms with E-state index < -0.39 is 17.7 Å². The minimum atomic E-state index is -0.843. The molecule has 0 bridgehead atoms. The second kappa shape index (κ2) is 11.9. The highest BCUT2D eigenvalue weighted by Gasteiger charge is 2.46. The molecule has 1 N–H and O–H groups in total. The number of aliphatic hydroxyl groups excluding tert-OH is 1. The van der Waals surface area contributed by atoms with Crippen molar-refractivity contribution in [1.82, 2.24) is 4.90 Å². The van der Waals surface area contributed by atoms with E-state index in [-0.39, 0.29) is 17.9 Å². The van der Waals surface area contributed by atoms with Crippen LogP contribution in [0.3, 0.4) is 0 Å². The molecule has 1 saturated heterocycles. The van der Waals surface area contributed by atoms with Crippen molar-refractivity contribution in [2.75, 3.05) is 27.9 Å². The first-order valence-electron chi connectivity index (χ1n) is 12.6. The van der Waals surface area contributed by atoms with E-state index in [0.717, 1.165) is 5.56 Å². The molecule has 1 aliphatic heterocycles. The summed E-state index contributed by atoms with van der Waals surface area (Å²) in [6.07, 6.45) is 0. The van der Waals surface area contributed by atoms with Crippen LogP contribution in [-0.2, 0) is 16.1 Å². The Bertz CT molecular complexity index is 1380. The third-order valence-electron chi connectivity index (χ3n) is 6.46. The van der Waals surface area contributed by atoms with E-state index in [1.54, 1.807) is 80.9 Å². The molecule has 1 heterocycles. The number of likely N-dealkylation sites (tertiary alicyclic amines) is 1. The highest BCUT2D eigenvalue weighted by Crippen LogP contribution is 2.41. The third kappa shape index (κ3) is 5.85. The highest BCUT2D eigenvalue weighted by molar-refractivity contribution is 6.46. The molecule has 4 rings (SSSR count).